The minimum atomic E-state index is -0.517. The van der Waals surface area contributed by atoms with Gasteiger partial charge in [-0.3, -0.25) is 14.9 Å². The van der Waals surface area contributed by atoms with Crippen LogP contribution in [0, 0.1) is 17.0 Å². The van der Waals surface area contributed by atoms with E-state index >= 15 is 0 Å². The number of nitrogens with one attached hydrogen (secondary N) is 2. The highest BCUT2D eigenvalue weighted by atomic mass is 16.6. The molecule has 1 saturated heterocycles. The molecule has 1 aromatic rings. The van der Waals surface area contributed by atoms with Gasteiger partial charge in [0.2, 0.25) is 0 Å². The average Bonchev–Trinajstić information content (AvgIpc) is 2.39. The highest BCUT2D eigenvalue weighted by molar-refractivity contribution is 5.98. The van der Waals surface area contributed by atoms with Crippen molar-refractivity contribution in [2.45, 2.75) is 25.8 Å². The zero-order valence-electron chi connectivity index (χ0n) is 10.8. The Balaban J connectivity index is 2.17. The number of nitro groups is 1. The number of carbonyl (C=O) groups is 1. The molecule has 2 rings (SSSR count). The fourth-order valence-electron chi connectivity index (χ4n) is 2.22. The Morgan fingerprint density at radius 2 is 2.11 bits per heavy atom. The lowest BCUT2D eigenvalue weighted by Gasteiger charge is -2.23. The van der Waals surface area contributed by atoms with Crippen molar-refractivity contribution >= 4 is 11.6 Å². The summed E-state index contributed by atoms with van der Waals surface area (Å²) in [5, 5.41) is 17.0. The number of amides is 1. The maximum absolute atomic E-state index is 12.2. The first-order valence-corrected chi connectivity index (χ1v) is 6.34. The van der Waals surface area contributed by atoms with Gasteiger partial charge in [0, 0.05) is 12.1 Å². The van der Waals surface area contributed by atoms with Crippen LogP contribution in [0.3, 0.4) is 0 Å². The molecule has 2 N–H and O–H groups in total. The molecule has 6 nitrogen and oxygen atoms in total. The number of piperidine rings is 1. The van der Waals surface area contributed by atoms with Gasteiger partial charge in [-0.2, -0.15) is 0 Å². The van der Waals surface area contributed by atoms with Crippen LogP contribution >= 0.6 is 0 Å². The van der Waals surface area contributed by atoms with E-state index in [2.05, 4.69) is 10.6 Å². The molecule has 0 aliphatic carbocycles. The minimum Gasteiger partial charge on any atom is -0.349 e. The maximum Gasteiger partial charge on any atom is 0.282 e. The summed E-state index contributed by atoms with van der Waals surface area (Å²) < 4.78 is 0. The Bertz CT molecular complexity index is 496. The van der Waals surface area contributed by atoms with E-state index < -0.39 is 4.92 Å². The van der Waals surface area contributed by atoms with Crippen molar-refractivity contribution in [1.29, 1.82) is 0 Å². The molecule has 0 spiro atoms. The van der Waals surface area contributed by atoms with E-state index in [0.717, 1.165) is 31.5 Å². The molecule has 6 heteroatoms. The molecular weight excluding hydrogens is 246 g/mol. The van der Waals surface area contributed by atoms with Crippen molar-refractivity contribution in [3.63, 3.8) is 0 Å². The van der Waals surface area contributed by atoms with Gasteiger partial charge in [-0.15, -0.1) is 0 Å². The van der Waals surface area contributed by atoms with E-state index in [1.807, 2.05) is 6.92 Å². The Labute approximate surface area is 111 Å². The zero-order valence-corrected chi connectivity index (χ0v) is 10.8. The number of nitro benzene ring substituents is 1. The third-order valence-electron chi connectivity index (χ3n) is 3.27. The molecule has 19 heavy (non-hydrogen) atoms. The second-order valence-corrected chi connectivity index (χ2v) is 4.78. The highest BCUT2D eigenvalue weighted by Gasteiger charge is 2.23. The molecule has 0 aromatic heterocycles. The van der Waals surface area contributed by atoms with E-state index in [9.17, 15) is 14.9 Å². The van der Waals surface area contributed by atoms with Crippen LogP contribution in [0.2, 0.25) is 0 Å². The molecule has 1 fully saturated rings. The topological polar surface area (TPSA) is 84.3 Å². The van der Waals surface area contributed by atoms with E-state index in [1.165, 1.54) is 6.07 Å². The summed E-state index contributed by atoms with van der Waals surface area (Å²) >= 11 is 0. The lowest BCUT2D eigenvalue weighted by atomic mass is 10.0. The second kappa shape index (κ2) is 5.79. The SMILES string of the molecule is Cc1ccc([N+](=O)[O-])c(C(=O)NC2CCNCC2)c1. The van der Waals surface area contributed by atoms with Crippen LogP contribution < -0.4 is 10.6 Å². The first-order valence-electron chi connectivity index (χ1n) is 6.34. The maximum atomic E-state index is 12.2. The van der Waals surface area contributed by atoms with Crippen molar-refractivity contribution < 1.29 is 9.72 Å². The third-order valence-corrected chi connectivity index (χ3v) is 3.27. The largest absolute Gasteiger partial charge is 0.349 e. The van der Waals surface area contributed by atoms with E-state index in [-0.39, 0.29) is 23.2 Å². The van der Waals surface area contributed by atoms with E-state index in [1.54, 1.807) is 12.1 Å². The number of hydrogen-bond acceptors (Lipinski definition) is 4. The number of hydrogen-bond donors (Lipinski definition) is 2. The van der Waals surface area contributed by atoms with Gasteiger partial charge in [-0.05, 0) is 44.5 Å². The second-order valence-electron chi connectivity index (χ2n) is 4.78. The fraction of sp³-hybridized carbons (Fsp3) is 0.462. The van der Waals surface area contributed by atoms with Crippen LogP contribution in [0.4, 0.5) is 5.69 Å². The van der Waals surface area contributed by atoms with Crippen molar-refractivity contribution in [2.24, 2.45) is 0 Å². The molecule has 1 heterocycles. The van der Waals surface area contributed by atoms with Crippen molar-refractivity contribution in [3.8, 4) is 0 Å². The van der Waals surface area contributed by atoms with Crippen molar-refractivity contribution in [1.82, 2.24) is 10.6 Å². The summed E-state index contributed by atoms with van der Waals surface area (Å²) in [5.74, 6) is -0.359. The summed E-state index contributed by atoms with van der Waals surface area (Å²) in [6.07, 6.45) is 1.71. The summed E-state index contributed by atoms with van der Waals surface area (Å²) in [5.41, 5.74) is 0.835. The van der Waals surface area contributed by atoms with Crippen LogP contribution in [0.15, 0.2) is 18.2 Å². The molecule has 0 radical (unpaired) electrons. The van der Waals surface area contributed by atoms with Crippen LogP contribution in [-0.2, 0) is 0 Å². The predicted octanol–water partition coefficient (Wildman–Crippen LogP) is 1.39. The Kier molecular flexibility index (Phi) is 4.11. The summed E-state index contributed by atoms with van der Waals surface area (Å²) in [6.45, 7) is 3.53. The Morgan fingerprint density at radius 1 is 1.42 bits per heavy atom. The van der Waals surface area contributed by atoms with Crippen LogP contribution in [0.25, 0.3) is 0 Å². The van der Waals surface area contributed by atoms with E-state index in [4.69, 9.17) is 0 Å². The lowest BCUT2D eigenvalue weighted by Crippen LogP contribution is -2.42. The quantitative estimate of drug-likeness (QED) is 0.637. The van der Waals surface area contributed by atoms with Crippen molar-refractivity contribution in [3.05, 3.63) is 39.4 Å². The van der Waals surface area contributed by atoms with Crippen LogP contribution in [-0.4, -0.2) is 30.0 Å². The third kappa shape index (κ3) is 3.29. The molecule has 1 aliphatic heterocycles. The molecular formula is C13H17N3O3. The average molecular weight is 263 g/mol. The Morgan fingerprint density at radius 3 is 2.74 bits per heavy atom. The number of carbonyl (C=O) groups excluding carboxylic acids is 1. The normalized spacial score (nSPS) is 16.1. The monoisotopic (exact) mass is 263 g/mol. The molecule has 0 bridgehead atoms. The first-order chi connectivity index (χ1) is 9.08. The van der Waals surface area contributed by atoms with Crippen molar-refractivity contribution in [2.75, 3.05) is 13.1 Å². The molecule has 1 aliphatic rings. The van der Waals surface area contributed by atoms with Gasteiger partial charge in [0.15, 0.2) is 0 Å². The van der Waals surface area contributed by atoms with Gasteiger partial charge in [0.05, 0.1) is 4.92 Å². The standard InChI is InChI=1S/C13H17N3O3/c1-9-2-3-12(16(18)19)11(8-9)13(17)15-10-4-6-14-7-5-10/h2-3,8,10,14H,4-7H2,1H3,(H,15,17). The van der Waals surface area contributed by atoms with Gasteiger partial charge in [0.25, 0.3) is 11.6 Å². The zero-order chi connectivity index (χ0) is 13.8. The predicted molar refractivity (Wildman–Crippen MR) is 71.2 cm³/mol. The number of benzene rings is 1. The molecule has 0 unspecified atom stereocenters. The van der Waals surface area contributed by atoms with Gasteiger partial charge in [-0.1, -0.05) is 6.07 Å². The smallest absolute Gasteiger partial charge is 0.282 e. The molecule has 102 valence electrons. The highest BCUT2D eigenvalue weighted by Crippen LogP contribution is 2.20. The Hall–Kier alpha value is -1.95. The first kappa shape index (κ1) is 13.5. The van der Waals surface area contributed by atoms with Gasteiger partial charge < -0.3 is 10.6 Å². The van der Waals surface area contributed by atoms with Crippen LogP contribution in [0.1, 0.15) is 28.8 Å². The molecule has 1 aromatic carbocycles. The van der Waals surface area contributed by atoms with Gasteiger partial charge in [0.1, 0.15) is 5.56 Å². The number of nitrogens with zero attached hydrogens (tertiary/aromatic N) is 1. The fourth-order valence-corrected chi connectivity index (χ4v) is 2.22. The summed E-state index contributed by atoms with van der Waals surface area (Å²) in [7, 11) is 0. The van der Waals surface area contributed by atoms with Gasteiger partial charge in [-0.25, -0.2) is 0 Å². The minimum absolute atomic E-state index is 0.0915. The summed E-state index contributed by atoms with van der Waals surface area (Å²) in [4.78, 5) is 22.6. The van der Waals surface area contributed by atoms with Gasteiger partial charge >= 0.3 is 0 Å². The lowest BCUT2D eigenvalue weighted by molar-refractivity contribution is -0.385. The number of aryl methyl sites for hydroxylation is 1. The van der Waals surface area contributed by atoms with E-state index in [0.29, 0.717) is 0 Å². The molecule has 0 atom stereocenters. The van der Waals surface area contributed by atoms with Crippen LogP contribution in [0.5, 0.6) is 0 Å². The molecule has 1 amide bonds. The number of rotatable bonds is 3. The summed E-state index contributed by atoms with van der Waals surface area (Å²) in [6, 6.07) is 4.68. The molecule has 0 saturated carbocycles.